The monoisotopic (exact) mass is 931 g/mol. The average Bonchev–Trinajstić information content (AvgIpc) is 3.40. The first kappa shape index (κ1) is 43.9. The molecule has 11 aromatic rings. The van der Waals surface area contributed by atoms with Crippen LogP contribution in [0.1, 0.15) is 28.2 Å². The van der Waals surface area contributed by atoms with E-state index in [0.717, 1.165) is 54.3 Å². The van der Waals surface area contributed by atoms with Crippen molar-refractivity contribution >= 4 is 49.4 Å². The molecular formula is C62H45NO8. The van der Waals surface area contributed by atoms with Gasteiger partial charge in [0.25, 0.3) is 0 Å². The Labute approximate surface area is 408 Å². The molecule has 11 aromatic carbocycles. The van der Waals surface area contributed by atoms with E-state index in [2.05, 4.69) is 0 Å². The number of aryl methyl sites for hydroxylation is 1. The molecule has 0 bridgehead atoms. The zero-order valence-electron chi connectivity index (χ0n) is 38.2. The van der Waals surface area contributed by atoms with Gasteiger partial charge in [0, 0.05) is 11.6 Å². The zero-order chi connectivity index (χ0) is 49.1. The van der Waals surface area contributed by atoms with Crippen molar-refractivity contribution in [2.24, 2.45) is 0 Å². The van der Waals surface area contributed by atoms with E-state index in [9.17, 15) is 40.9 Å². The molecule has 0 fully saturated rings. The van der Waals surface area contributed by atoms with Crippen LogP contribution in [0.25, 0.3) is 65.7 Å². The predicted octanol–water partition coefficient (Wildman–Crippen LogP) is 14.8. The van der Waals surface area contributed by atoms with Gasteiger partial charge < -0.3 is 40.9 Å². The highest BCUT2D eigenvalue weighted by atomic mass is 16.3. The number of phenolic OH excluding ortho intramolecular Hbond substituents is 8. The van der Waals surface area contributed by atoms with Gasteiger partial charge in [-0.2, -0.15) is 0 Å². The fourth-order valence-corrected chi connectivity index (χ4v) is 10.3. The van der Waals surface area contributed by atoms with Crippen LogP contribution in [0.4, 0.5) is 17.1 Å². The van der Waals surface area contributed by atoms with Gasteiger partial charge in [0.05, 0.1) is 11.1 Å². The second-order valence-corrected chi connectivity index (χ2v) is 17.6. The summed E-state index contributed by atoms with van der Waals surface area (Å²) >= 11 is 0. The first-order valence-corrected chi connectivity index (χ1v) is 23.0. The molecule has 0 aliphatic carbocycles. The van der Waals surface area contributed by atoms with Gasteiger partial charge in [-0.3, -0.25) is 4.90 Å². The molecule has 0 aliphatic heterocycles. The molecule has 9 nitrogen and oxygen atoms in total. The SMILES string of the molecule is Cc1ccccc1-c1ccc(N(c2c(O)c(O)c(-c3cccc4ccccc34)c(O)c2O)c2c(O)c(O)c(-c3cc4ccccc4c4ccccc34)c(O)c2O)cc1C(c1ccccc1)c1ccccc1. The summed E-state index contributed by atoms with van der Waals surface area (Å²) in [5.74, 6) is -7.69. The summed E-state index contributed by atoms with van der Waals surface area (Å²) in [4.78, 5) is 1.02. The van der Waals surface area contributed by atoms with Crippen LogP contribution < -0.4 is 4.90 Å². The Balaban J connectivity index is 1.24. The van der Waals surface area contributed by atoms with Crippen LogP contribution in [-0.4, -0.2) is 40.9 Å². The van der Waals surface area contributed by atoms with E-state index in [1.165, 1.54) is 0 Å². The van der Waals surface area contributed by atoms with Gasteiger partial charge in [-0.15, -0.1) is 0 Å². The highest BCUT2D eigenvalue weighted by Gasteiger charge is 2.37. The van der Waals surface area contributed by atoms with Gasteiger partial charge >= 0.3 is 0 Å². The summed E-state index contributed by atoms with van der Waals surface area (Å²) in [6.07, 6.45) is 0. The standard InChI is InChI=1S/C62H45NO8/c1-35-17-8-11-25-41(35)46-32-31-40(34-49(46)50(37-19-4-2-5-20-37)38-21-6-3-7-22-38)63(53-59(68)55(64)51(56(65)60(53)69)47-30-16-24-36-18-9-12-26-42(36)47)54-61(70)57(66)52(58(67)62(54)71)48-33-39-23-10-13-27-43(39)44-28-14-15-29-45(44)48/h2-34,50,64-71H,1H3. The molecule has 0 heterocycles. The molecule has 0 amide bonds. The van der Waals surface area contributed by atoms with Crippen LogP contribution in [0.2, 0.25) is 0 Å². The fourth-order valence-electron chi connectivity index (χ4n) is 10.3. The number of hydrogen-bond donors (Lipinski definition) is 8. The number of hydrogen-bond acceptors (Lipinski definition) is 9. The summed E-state index contributed by atoms with van der Waals surface area (Å²) < 4.78 is 0. The number of anilines is 3. The smallest absolute Gasteiger partial charge is 0.186 e. The highest BCUT2D eigenvalue weighted by Crippen LogP contribution is 2.64. The number of phenols is 8. The Bertz CT molecular complexity index is 3790. The van der Waals surface area contributed by atoms with Crippen LogP contribution >= 0.6 is 0 Å². The second-order valence-electron chi connectivity index (χ2n) is 17.6. The molecule has 0 aliphatic rings. The van der Waals surface area contributed by atoms with Gasteiger partial charge in [-0.25, -0.2) is 0 Å². The van der Waals surface area contributed by atoms with E-state index in [1.807, 2.05) is 153 Å². The Hall–Kier alpha value is -9.60. The van der Waals surface area contributed by atoms with Gasteiger partial charge in [0.15, 0.2) is 46.0 Å². The molecule has 0 aromatic heterocycles. The Morgan fingerprint density at radius 3 is 1.37 bits per heavy atom. The third kappa shape index (κ3) is 7.18. The minimum Gasteiger partial charge on any atom is -0.504 e. The second kappa shape index (κ2) is 17.5. The van der Waals surface area contributed by atoms with Crippen molar-refractivity contribution in [1.29, 1.82) is 0 Å². The molecule has 0 saturated carbocycles. The van der Waals surface area contributed by atoms with Crippen molar-refractivity contribution in [2.45, 2.75) is 12.8 Å². The van der Waals surface area contributed by atoms with E-state index < -0.39 is 63.3 Å². The van der Waals surface area contributed by atoms with E-state index >= 15 is 0 Å². The molecule has 0 saturated heterocycles. The van der Waals surface area contributed by atoms with Crippen molar-refractivity contribution in [3.05, 3.63) is 222 Å². The first-order chi connectivity index (χ1) is 34.5. The van der Waals surface area contributed by atoms with Crippen LogP contribution in [0.5, 0.6) is 46.0 Å². The van der Waals surface area contributed by atoms with Crippen molar-refractivity contribution in [3.8, 4) is 79.4 Å². The van der Waals surface area contributed by atoms with Gasteiger partial charge in [-0.1, -0.05) is 182 Å². The largest absolute Gasteiger partial charge is 0.504 e. The fraction of sp³-hybridized carbons (Fsp3) is 0.0323. The number of rotatable bonds is 9. The van der Waals surface area contributed by atoms with Crippen molar-refractivity contribution in [3.63, 3.8) is 0 Å². The van der Waals surface area contributed by atoms with Crippen molar-refractivity contribution in [2.75, 3.05) is 4.90 Å². The molecular weight excluding hydrogens is 887 g/mol. The molecule has 0 unspecified atom stereocenters. The predicted molar refractivity (Wildman–Crippen MR) is 282 cm³/mol. The molecule has 71 heavy (non-hydrogen) atoms. The topological polar surface area (TPSA) is 165 Å². The lowest BCUT2D eigenvalue weighted by molar-refractivity contribution is 0.372. The molecule has 11 rings (SSSR count). The average molecular weight is 932 g/mol. The van der Waals surface area contributed by atoms with Crippen LogP contribution in [0, 0.1) is 6.92 Å². The number of benzene rings is 11. The van der Waals surface area contributed by atoms with Gasteiger partial charge in [0.1, 0.15) is 11.4 Å². The Morgan fingerprint density at radius 2 is 0.775 bits per heavy atom. The Kier molecular flexibility index (Phi) is 10.8. The summed E-state index contributed by atoms with van der Waals surface area (Å²) in [7, 11) is 0. The highest BCUT2D eigenvalue weighted by molar-refractivity contribution is 6.15. The molecule has 346 valence electrons. The van der Waals surface area contributed by atoms with Crippen molar-refractivity contribution in [1.82, 2.24) is 0 Å². The minimum atomic E-state index is -0.962. The Morgan fingerprint density at radius 1 is 0.324 bits per heavy atom. The number of fused-ring (bicyclic) bond motifs is 4. The van der Waals surface area contributed by atoms with Crippen LogP contribution in [-0.2, 0) is 0 Å². The molecule has 0 radical (unpaired) electrons. The molecule has 9 heteroatoms. The number of nitrogens with zero attached hydrogens (tertiary/aromatic N) is 1. The van der Waals surface area contributed by atoms with E-state index in [1.54, 1.807) is 54.6 Å². The summed E-state index contributed by atoms with van der Waals surface area (Å²) in [5.41, 5.74) is 3.84. The van der Waals surface area contributed by atoms with E-state index in [0.29, 0.717) is 16.3 Å². The van der Waals surface area contributed by atoms with E-state index in [4.69, 9.17) is 0 Å². The van der Waals surface area contributed by atoms with E-state index in [-0.39, 0.29) is 27.9 Å². The minimum absolute atomic E-state index is 0.0600. The lowest BCUT2D eigenvalue weighted by Gasteiger charge is -2.32. The summed E-state index contributed by atoms with van der Waals surface area (Å²) in [6, 6.07) is 61.8. The third-order valence-electron chi connectivity index (χ3n) is 13.6. The molecule has 0 spiro atoms. The molecule has 8 N–H and O–H groups in total. The maximum Gasteiger partial charge on any atom is 0.186 e. The summed E-state index contributed by atoms with van der Waals surface area (Å²) in [5, 5.41) is 103. The molecule has 0 atom stereocenters. The number of aromatic hydroxyl groups is 8. The maximum absolute atomic E-state index is 12.5. The van der Waals surface area contributed by atoms with Crippen molar-refractivity contribution < 1.29 is 40.9 Å². The first-order valence-electron chi connectivity index (χ1n) is 23.0. The quantitative estimate of drug-likeness (QED) is 0.0304. The van der Waals surface area contributed by atoms with Gasteiger partial charge in [0.2, 0.25) is 0 Å². The normalized spacial score (nSPS) is 11.5. The van der Waals surface area contributed by atoms with Crippen LogP contribution in [0.3, 0.4) is 0 Å². The summed E-state index contributed by atoms with van der Waals surface area (Å²) in [6.45, 7) is 2.00. The third-order valence-corrected chi connectivity index (χ3v) is 13.6. The lowest BCUT2D eigenvalue weighted by atomic mass is 9.80. The zero-order valence-corrected chi connectivity index (χ0v) is 38.2. The maximum atomic E-state index is 12.5. The van der Waals surface area contributed by atoms with Crippen LogP contribution in [0.15, 0.2) is 200 Å². The lowest BCUT2D eigenvalue weighted by Crippen LogP contribution is -2.14. The van der Waals surface area contributed by atoms with Gasteiger partial charge in [-0.05, 0) is 102 Å².